The average molecular weight is 322 g/mol. The molecule has 0 unspecified atom stereocenters. The zero-order valence-corrected chi connectivity index (χ0v) is 14.4. The van der Waals surface area contributed by atoms with Crippen LogP contribution in [0.3, 0.4) is 0 Å². The van der Waals surface area contributed by atoms with Gasteiger partial charge in [0, 0.05) is 37.5 Å². The van der Waals surface area contributed by atoms with Gasteiger partial charge in [0.15, 0.2) is 5.13 Å². The fourth-order valence-electron chi connectivity index (χ4n) is 3.15. The fraction of sp³-hybridized carbons (Fsp3) is 0.750. The molecular formula is C16H26N4OS. The Morgan fingerprint density at radius 1 is 1.41 bits per heavy atom. The molecule has 1 saturated carbocycles. The summed E-state index contributed by atoms with van der Waals surface area (Å²) in [5, 5.41) is 6.51. The molecule has 0 atom stereocenters. The van der Waals surface area contributed by atoms with Gasteiger partial charge in [0.05, 0.1) is 5.69 Å². The van der Waals surface area contributed by atoms with Gasteiger partial charge in [0.1, 0.15) is 0 Å². The van der Waals surface area contributed by atoms with Crippen molar-refractivity contribution in [2.24, 2.45) is 0 Å². The van der Waals surface area contributed by atoms with Crippen molar-refractivity contribution >= 4 is 22.4 Å². The minimum absolute atomic E-state index is 0.0591. The Labute approximate surface area is 136 Å². The van der Waals surface area contributed by atoms with Crippen LogP contribution in [0.5, 0.6) is 0 Å². The smallest absolute Gasteiger partial charge is 0.225 e. The molecule has 0 bridgehead atoms. The topological polar surface area (TPSA) is 48.5 Å². The number of likely N-dealkylation sites (tertiary alicyclic amines) is 1. The predicted octanol–water partition coefficient (Wildman–Crippen LogP) is 2.23. The first kappa shape index (κ1) is 15.9. The number of piperidine rings is 1. The van der Waals surface area contributed by atoms with Crippen molar-refractivity contribution in [3.8, 4) is 0 Å². The van der Waals surface area contributed by atoms with Crippen molar-refractivity contribution in [1.82, 2.24) is 15.2 Å². The summed E-state index contributed by atoms with van der Waals surface area (Å²) in [5.74, 6) is 0.0591. The number of amides is 1. The van der Waals surface area contributed by atoms with Crippen LogP contribution in [0.4, 0.5) is 5.13 Å². The van der Waals surface area contributed by atoms with Crippen molar-refractivity contribution in [2.75, 3.05) is 24.5 Å². The Morgan fingerprint density at radius 3 is 2.73 bits per heavy atom. The molecule has 22 heavy (non-hydrogen) atoms. The van der Waals surface area contributed by atoms with E-state index in [1.807, 2.05) is 6.92 Å². The lowest BCUT2D eigenvalue weighted by atomic mass is 10.0. The van der Waals surface area contributed by atoms with Crippen LogP contribution in [0.1, 0.15) is 45.2 Å². The van der Waals surface area contributed by atoms with E-state index < -0.39 is 0 Å². The van der Waals surface area contributed by atoms with Gasteiger partial charge in [-0.05, 0) is 45.7 Å². The van der Waals surface area contributed by atoms with Crippen LogP contribution in [-0.4, -0.2) is 47.5 Å². The van der Waals surface area contributed by atoms with Crippen LogP contribution in [0.15, 0.2) is 5.38 Å². The van der Waals surface area contributed by atoms with Crippen LogP contribution < -0.4 is 10.2 Å². The van der Waals surface area contributed by atoms with Gasteiger partial charge < -0.3 is 10.2 Å². The van der Waals surface area contributed by atoms with Crippen LogP contribution in [0, 0.1) is 0 Å². The van der Waals surface area contributed by atoms with E-state index in [0.29, 0.717) is 12.6 Å². The maximum Gasteiger partial charge on any atom is 0.225 e. The molecule has 1 aromatic heterocycles. The Hall–Kier alpha value is -0.980. The van der Waals surface area contributed by atoms with Gasteiger partial charge in [-0.1, -0.05) is 0 Å². The molecule has 2 fully saturated rings. The third kappa shape index (κ3) is 3.86. The van der Waals surface area contributed by atoms with Crippen LogP contribution in [-0.2, 0) is 11.3 Å². The Bertz CT molecular complexity index is 506. The van der Waals surface area contributed by atoms with Gasteiger partial charge in [-0.2, -0.15) is 0 Å². The number of anilines is 1. The second-order valence-electron chi connectivity index (χ2n) is 6.31. The molecule has 2 heterocycles. The van der Waals surface area contributed by atoms with Crippen molar-refractivity contribution in [2.45, 2.75) is 58.2 Å². The minimum Gasteiger partial charge on any atom is -0.308 e. The summed E-state index contributed by atoms with van der Waals surface area (Å²) >= 11 is 1.56. The number of hydrogen-bond acceptors (Lipinski definition) is 5. The highest BCUT2D eigenvalue weighted by atomic mass is 32.1. The van der Waals surface area contributed by atoms with E-state index in [0.717, 1.165) is 23.4 Å². The van der Waals surface area contributed by atoms with Gasteiger partial charge in [-0.25, -0.2) is 4.98 Å². The van der Waals surface area contributed by atoms with Gasteiger partial charge in [-0.3, -0.25) is 9.69 Å². The molecule has 1 N–H and O–H groups in total. The molecule has 0 radical (unpaired) electrons. The molecule has 5 nitrogen and oxygen atoms in total. The quantitative estimate of drug-likeness (QED) is 0.872. The van der Waals surface area contributed by atoms with Crippen molar-refractivity contribution in [3.63, 3.8) is 0 Å². The molecule has 3 rings (SSSR count). The first-order valence-electron chi connectivity index (χ1n) is 8.37. The van der Waals surface area contributed by atoms with E-state index >= 15 is 0 Å². The molecule has 1 amide bonds. The molecule has 1 aromatic rings. The Balaban J connectivity index is 1.45. The summed E-state index contributed by atoms with van der Waals surface area (Å²) in [7, 11) is 0. The number of aromatic nitrogens is 1. The summed E-state index contributed by atoms with van der Waals surface area (Å²) in [6.45, 7) is 7.53. The van der Waals surface area contributed by atoms with Crippen molar-refractivity contribution < 1.29 is 4.79 Å². The second-order valence-corrected chi connectivity index (χ2v) is 7.14. The molecule has 2 aliphatic rings. The normalized spacial score (nSPS) is 20.3. The van der Waals surface area contributed by atoms with Gasteiger partial charge in [0.25, 0.3) is 0 Å². The zero-order valence-electron chi connectivity index (χ0n) is 13.5. The molecule has 0 spiro atoms. The highest BCUT2D eigenvalue weighted by Crippen LogP contribution is 2.29. The van der Waals surface area contributed by atoms with Gasteiger partial charge in [-0.15, -0.1) is 11.3 Å². The number of rotatable bonds is 6. The summed E-state index contributed by atoms with van der Waals surface area (Å²) in [5.41, 5.74) is 1.05. The third-order valence-electron chi connectivity index (χ3n) is 4.63. The highest BCUT2D eigenvalue weighted by molar-refractivity contribution is 7.14. The predicted molar refractivity (Wildman–Crippen MR) is 90.3 cm³/mol. The van der Waals surface area contributed by atoms with Crippen molar-refractivity contribution in [1.29, 1.82) is 0 Å². The lowest BCUT2D eigenvalue weighted by Crippen LogP contribution is -2.43. The molecule has 1 saturated heterocycles. The summed E-state index contributed by atoms with van der Waals surface area (Å²) < 4.78 is 0. The highest BCUT2D eigenvalue weighted by Gasteiger charge is 2.31. The number of nitrogens with one attached hydrogen (secondary N) is 1. The summed E-state index contributed by atoms with van der Waals surface area (Å²) in [4.78, 5) is 20.5. The molecule has 1 aliphatic heterocycles. The van der Waals surface area contributed by atoms with Crippen LogP contribution in [0.25, 0.3) is 0 Å². The SMILES string of the molecule is CCN(C(C)=O)c1nc(CNC2CCN(C3CC3)CC2)cs1. The first-order chi connectivity index (χ1) is 10.7. The first-order valence-corrected chi connectivity index (χ1v) is 9.25. The van der Waals surface area contributed by atoms with E-state index in [9.17, 15) is 4.79 Å². The number of thiazole rings is 1. The van der Waals surface area contributed by atoms with E-state index in [-0.39, 0.29) is 5.91 Å². The standard InChI is InChI=1S/C16H26N4OS/c1-3-20(12(2)21)16-18-14(11-22-16)10-17-13-6-8-19(9-7-13)15-4-5-15/h11,13,15,17H,3-10H2,1-2H3. The van der Waals surface area contributed by atoms with E-state index in [2.05, 4.69) is 20.6 Å². The molecule has 6 heteroatoms. The monoisotopic (exact) mass is 322 g/mol. The van der Waals surface area contributed by atoms with E-state index in [1.165, 1.54) is 38.8 Å². The molecular weight excluding hydrogens is 296 g/mol. The van der Waals surface area contributed by atoms with Gasteiger partial charge >= 0.3 is 0 Å². The fourth-order valence-corrected chi connectivity index (χ4v) is 4.08. The maximum absolute atomic E-state index is 11.6. The van der Waals surface area contributed by atoms with Gasteiger partial charge in [0.2, 0.25) is 5.91 Å². The lowest BCUT2D eigenvalue weighted by molar-refractivity contribution is -0.116. The summed E-state index contributed by atoms with van der Waals surface area (Å²) in [6, 6.07) is 1.50. The number of nitrogens with zero attached hydrogens (tertiary/aromatic N) is 3. The number of carbonyl (C=O) groups excluding carboxylic acids is 1. The molecule has 0 aromatic carbocycles. The number of hydrogen-bond donors (Lipinski definition) is 1. The second kappa shape index (κ2) is 7.06. The largest absolute Gasteiger partial charge is 0.308 e. The zero-order chi connectivity index (χ0) is 15.5. The van der Waals surface area contributed by atoms with Crippen LogP contribution in [0.2, 0.25) is 0 Å². The maximum atomic E-state index is 11.6. The van der Waals surface area contributed by atoms with E-state index in [1.54, 1.807) is 23.2 Å². The number of carbonyl (C=O) groups is 1. The molecule has 122 valence electrons. The van der Waals surface area contributed by atoms with Crippen LogP contribution >= 0.6 is 11.3 Å². The van der Waals surface area contributed by atoms with Crippen molar-refractivity contribution in [3.05, 3.63) is 11.1 Å². The Kier molecular flexibility index (Phi) is 5.10. The average Bonchev–Trinajstić information content (AvgIpc) is 3.26. The Morgan fingerprint density at radius 2 is 2.14 bits per heavy atom. The minimum atomic E-state index is 0.0591. The summed E-state index contributed by atoms with van der Waals surface area (Å²) in [6.07, 6.45) is 5.29. The van der Waals surface area contributed by atoms with E-state index in [4.69, 9.17) is 0 Å². The third-order valence-corrected chi connectivity index (χ3v) is 5.54. The molecule has 1 aliphatic carbocycles. The lowest BCUT2D eigenvalue weighted by Gasteiger charge is -2.32.